The number of nitrogens with zero attached hydrogens (tertiary/aromatic N) is 2. The molecule has 1 saturated heterocycles. The average molecular weight is 360 g/mol. The molecule has 0 aliphatic carbocycles. The van der Waals surface area contributed by atoms with Crippen LogP contribution in [-0.4, -0.2) is 35.9 Å². The van der Waals surface area contributed by atoms with Crippen molar-refractivity contribution in [3.05, 3.63) is 47.3 Å². The average Bonchev–Trinajstić information content (AvgIpc) is 3.09. The Labute approximate surface area is 151 Å². The van der Waals surface area contributed by atoms with Crippen LogP contribution in [0.25, 0.3) is 0 Å². The number of benzene rings is 1. The first-order valence-corrected chi connectivity index (χ1v) is 9.31. The highest BCUT2D eigenvalue weighted by Gasteiger charge is 2.25. The Morgan fingerprint density at radius 2 is 2.04 bits per heavy atom. The first kappa shape index (κ1) is 17.1. The number of ketones is 1. The van der Waals surface area contributed by atoms with Crippen LogP contribution >= 0.6 is 23.6 Å². The third-order valence-corrected chi connectivity index (χ3v) is 5.46. The molecule has 1 aromatic carbocycles. The maximum absolute atomic E-state index is 12.8. The first-order chi connectivity index (χ1) is 11.6. The predicted molar refractivity (Wildman–Crippen MR) is 104 cm³/mol. The molecule has 4 nitrogen and oxygen atoms in total. The highest BCUT2D eigenvalue weighted by Crippen LogP contribution is 2.31. The largest absolute Gasteiger partial charge is 0.376 e. The second-order valence-corrected chi connectivity index (χ2v) is 7.46. The molecule has 0 bridgehead atoms. The molecule has 0 unspecified atom stereocenters. The second kappa shape index (κ2) is 7.42. The summed E-state index contributed by atoms with van der Waals surface area (Å²) in [5.41, 5.74) is 7.49. The maximum atomic E-state index is 12.8. The molecular weight excluding hydrogens is 338 g/mol. The van der Waals surface area contributed by atoms with Crippen LogP contribution in [0.2, 0.25) is 0 Å². The van der Waals surface area contributed by atoms with Gasteiger partial charge in [0.15, 0.2) is 10.9 Å². The van der Waals surface area contributed by atoms with Crippen LogP contribution in [0.3, 0.4) is 0 Å². The first-order valence-electron chi connectivity index (χ1n) is 8.02. The lowest BCUT2D eigenvalue weighted by Gasteiger charge is -2.28. The Kier molecular flexibility index (Phi) is 5.28. The van der Waals surface area contributed by atoms with Crippen LogP contribution in [0.1, 0.15) is 23.2 Å². The normalized spacial score (nSPS) is 16.0. The van der Waals surface area contributed by atoms with E-state index in [1.54, 1.807) is 11.3 Å². The molecule has 6 heteroatoms. The van der Waals surface area contributed by atoms with Gasteiger partial charge in [0.25, 0.3) is 0 Å². The quantitative estimate of drug-likeness (QED) is 0.667. The van der Waals surface area contributed by atoms with E-state index in [1.165, 1.54) is 0 Å². The minimum absolute atomic E-state index is 0.108. The number of carbonyl (C=O) groups is 1. The molecule has 1 aromatic heterocycles. The molecule has 3 rings (SSSR count). The highest BCUT2D eigenvalue weighted by molar-refractivity contribution is 7.80. The number of hydrogen-bond acceptors (Lipinski definition) is 4. The molecule has 0 radical (unpaired) electrons. The van der Waals surface area contributed by atoms with E-state index in [2.05, 4.69) is 11.9 Å². The summed E-state index contributed by atoms with van der Waals surface area (Å²) in [5.74, 6) is 0.329. The van der Waals surface area contributed by atoms with Crippen molar-refractivity contribution in [2.45, 2.75) is 12.8 Å². The molecule has 126 valence electrons. The topological polar surface area (TPSA) is 49.6 Å². The van der Waals surface area contributed by atoms with E-state index >= 15 is 0 Å². The third-order valence-electron chi connectivity index (χ3n) is 4.43. The summed E-state index contributed by atoms with van der Waals surface area (Å²) in [6.45, 7) is 1.95. The van der Waals surface area contributed by atoms with Gasteiger partial charge in [0.1, 0.15) is 5.00 Å². The predicted octanol–water partition coefficient (Wildman–Crippen LogP) is 3.65. The lowest BCUT2D eigenvalue weighted by molar-refractivity contribution is 0.0857. The fraction of sp³-hybridized carbons (Fsp3) is 0.333. The molecule has 0 spiro atoms. The van der Waals surface area contributed by atoms with E-state index in [-0.39, 0.29) is 16.8 Å². The van der Waals surface area contributed by atoms with Gasteiger partial charge >= 0.3 is 0 Å². The van der Waals surface area contributed by atoms with E-state index in [0.29, 0.717) is 0 Å². The van der Waals surface area contributed by atoms with Crippen LogP contribution in [0, 0.1) is 5.92 Å². The monoisotopic (exact) mass is 359 g/mol. The molecule has 1 aliphatic heterocycles. The minimum Gasteiger partial charge on any atom is -0.376 e. The van der Waals surface area contributed by atoms with Crippen molar-refractivity contribution in [2.24, 2.45) is 11.7 Å². The van der Waals surface area contributed by atoms with Gasteiger partial charge < -0.3 is 10.6 Å². The Balaban J connectivity index is 1.85. The van der Waals surface area contributed by atoms with E-state index < -0.39 is 0 Å². The Hall–Kier alpha value is -1.76. The van der Waals surface area contributed by atoms with Crippen LogP contribution in [0.5, 0.6) is 0 Å². The number of hydrogen-bond donors (Lipinski definition) is 1. The number of Topliss-reactive ketones (excluding diaryl/α,β-unsaturated/α-hetero) is 1. The van der Waals surface area contributed by atoms with E-state index in [4.69, 9.17) is 18.0 Å². The van der Waals surface area contributed by atoms with Crippen molar-refractivity contribution in [3.63, 3.8) is 0 Å². The number of thiocarbonyl (C=S) groups is 1. The fourth-order valence-electron chi connectivity index (χ4n) is 3.06. The molecule has 0 amide bonds. The summed E-state index contributed by atoms with van der Waals surface area (Å²) in [5, 5.41) is 3.21. The summed E-state index contributed by atoms with van der Waals surface area (Å²) >= 11 is 6.78. The zero-order valence-corrected chi connectivity index (χ0v) is 15.3. The number of nitrogens with two attached hydrogens (primary N) is 1. The molecule has 2 aromatic rings. The van der Waals surface area contributed by atoms with E-state index in [1.807, 2.05) is 46.7 Å². The van der Waals surface area contributed by atoms with Crippen molar-refractivity contribution in [1.82, 2.24) is 4.90 Å². The summed E-state index contributed by atoms with van der Waals surface area (Å²) in [7, 11) is 2.10. The number of anilines is 2. The number of thiophene rings is 1. The Morgan fingerprint density at radius 3 is 2.67 bits per heavy atom. The zero-order valence-electron chi connectivity index (χ0n) is 13.6. The molecule has 24 heavy (non-hydrogen) atoms. The summed E-state index contributed by atoms with van der Waals surface area (Å²) < 4.78 is 0. The fourth-order valence-corrected chi connectivity index (χ4v) is 4.09. The number of rotatable bonds is 4. The van der Waals surface area contributed by atoms with Gasteiger partial charge in [-0.2, -0.15) is 0 Å². The van der Waals surface area contributed by atoms with Gasteiger partial charge in [-0.25, -0.2) is 0 Å². The van der Waals surface area contributed by atoms with Gasteiger partial charge in [0.2, 0.25) is 0 Å². The molecule has 0 atom stereocenters. The molecule has 2 N–H and O–H groups in total. The Morgan fingerprint density at radius 1 is 1.29 bits per heavy atom. The maximum Gasteiger partial charge on any atom is 0.176 e. The van der Waals surface area contributed by atoms with Crippen LogP contribution < -0.4 is 10.6 Å². The number of piperidine rings is 1. The van der Waals surface area contributed by atoms with Gasteiger partial charge in [-0.3, -0.25) is 9.69 Å². The number of likely N-dealkylation sites (tertiary alicyclic amines) is 1. The molecule has 1 fully saturated rings. The van der Waals surface area contributed by atoms with Crippen molar-refractivity contribution in [1.29, 1.82) is 0 Å². The van der Waals surface area contributed by atoms with Gasteiger partial charge in [0.05, 0.1) is 0 Å². The molecule has 0 saturated carbocycles. The van der Waals surface area contributed by atoms with Crippen LogP contribution in [0.15, 0.2) is 41.8 Å². The van der Waals surface area contributed by atoms with Gasteiger partial charge in [0, 0.05) is 17.2 Å². The third kappa shape index (κ3) is 3.66. The van der Waals surface area contributed by atoms with Crippen molar-refractivity contribution in [2.75, 3.05) is 25.0 Å². The molecule has 1 aliphatic rings. The smallest absolute Gasteiger partial charge is 0.176 e. The van der Waals surface area contributed by atoms with Crippen molar-refractivity contribution < 1.29 is 4.79 Å². The number of carbonyl (C=O) groups excluding carboxylic acids is 1. The van der Waals surface area contributed by atoms with Gasteiger partial charge in [-0.05, 0) is 74.8 Å². The van der Waals surface area contributed by atoms with Gasteiger partial charge in [-0.15, -0.1) is 11.3 Å². The highest BCUT2D eigenvalue weighted by atomic mass is 32.1. The van der Waals surface area contributed by atoms with Crippen LogP contribution in [0.4, 0.5) is 10.7 Å². The molecular formula is C18H21N3OS2. The minimum atomic E-state index is 0.108. The van der Waals surface area contributed by atoms with Gasteiger partial charge in [-0.1, -0.05) is 12.1 Å². The van der Waals surface area contributed by atoms with Crippen LogP contribution in [-0.2, 0) is 0 Å². The van der Waals surface area contributed by atoms with Crippen molar-refractivity contribution in [3.8, 4) is 0 Å². The molecule has 2 heterocycles. The summed E-state index contributed by atoms with van der Waals surface area (Å²) in [4.78, 5) is 16.9. The van der Waals surface area contributed by atoms with Crippen molar-refractivity contribution >= 4 is 45.1 Å². The zero-order chi connectivity index (χ0) is 17.1. The van der Waals surface area contributed by atoms with E-state index in [0.717, 1.165) is 42.2 Å². The Bertz CT molecular complexity index is 722. The lowest BCUT2D eigenvalue weighted by Crippen LogP contribution is -2.34. The van der Waals surface area contributed by atoms with E-state index in [9.17, 15) is 4.79 Å². The summed E-state index contributed by atoms with van der Waals surface area (Å²) in [6.07, 6.45) is 1.84. The second-order valence-electron chi connectivity index (χ2n) is 6.12. The standard InChI is InChI=1S/C18H21N3OS2/c1-20-9-7-13(8-10-20)17(22)14-4-2-5-15(12-14)21(18(19)23)16-6-3-11-24-16/h2-6,11-13H,7-10H2,1H3,(H2,19,23). The summed E-state index contributed by atoms with van der Waals surface area (Å²) in [6, 6.07) is 11.5. The SMILES string of the molecule is CN1CCC(C(=O)c2cccc(N(C(N)=S)c3cccs3)c2)CC1. The lowest BCUT2D eigenvalue weighted by atomic mass is 9.89.